The van der Waals surface area contributed by atoms with Crippen LogP contribution in [0.15, 0.2) is 97.6 Å². The minimum absolute atomic E-state index is 0.0186. The predicted molar refractivity (Wildman–Crippen MR) is 128 cm³/mol. The molecule has 4 rings (SSSR count). The lowest BCUT2D eigenvalue weighted by molar-refractivity contribution is 0.0676. The maximum absolute atomic E-state index is 10.4. The number of hydrogen-bond acceptors (Lipinski definition) is 6. The first-order chi connectivity index (χ1) is 17.2. The number of benzene rings is 2. The number of aromatic carboxylic acids is 4. The molecule has 0 saturated heterocycles. The predicted octanol–water partition coefficient (Wildman–Crippen LogP) is 4.31. The van der Waals surface area contributed by atoms with Crippen LogP contribution >= 0.6 is 0 Å². The van der Waals surface area contributed by atoms with Crippen molar-refractivity contribution in [3.05, 3.63) is 120 Å². The van der Waals surface area contributed by atoms with Gasteiger partial charge in [-0.25, -0.2) is 19.2 Å². The van der Waals surface area contributed by atoms with Gasteiger partial charge < -0.3 is 20.4 Å². The standard InChI is InChI=1S/C10H8N2.2C8H6O4/c1-5-11-6-2-9(1)10-3-7-12-8-4-10;2*9-7(10)5-2-1-3-6(4-5)8(11)12/h1-8H;2*1-4H,(H,9,10)(H,11,12). The van der Waals surface area contributed by atoms with Gasteiger partial charge in [0, 0.05) is 24.8 Å². The van der Waals surface area contributed by atoms with E-state index in [1.807, 2.05) is 24.3 Å². The SMILES string of the molecule is O=C(O)c1cccc(C(=O)O)c1.O=C(O)c1cccc(C(=O)O)c1.c1cc(-c2ccncc2)ccn1. The molecular formula is C26H20N2O8. The van der Waals surface area contributed by atoms with Gasteiger partial charge in [0.25, 0.3) is 0 Å². The maximum atomic E-state index is 10.4. The molecule has 0 spiro atoms. The van der Waals surface area contributed by atoms with E-state index in [9.17, 15) is 19.2 Å². The summed E-state index contributed by atoms with van der Waals surface area (Å²) < 4.78 is 0. The molecule has 0 aliphatic heterocycles. The fraction of sp³-hybridized carbons (Fsp3) is 0. The van der Waals surface area contributed by atoms with E-state index in [0.29, 0.717) is 0 Å². The van der Waals surface area contributed by atoms with Crippen LogP contribution in [0.5, 0.6) is 0 Å². The molecule has 0 fully saturated rings. The normalized spacial score (nSPS) is 9.44. The average Bonchev–Trinajstić information content (AvgIpc) is 2.90. The number of hydrogen-bond donors (Lipinski definition) is 4. The number of rotatable bonds is 5. The summed E-state index contributed by atoms with van der Waals surface area (Å²) in [5.41, 5.74) is 2.27. The summed E-state index contributed by atoms with van der Waals surface area (Å²) >= 11 is 0. The van der Waals surface area contributed by atoms with E-state index in [1.54, 1.807) is 24.8 Å². The molecule has 10 heteroatoms. The van der Waals surface area contributed by atoms with Gasteiger partial charge in [0.2, 0.25) is 0 Å². The zero-order valence-corrected chi connectivity index (χ0v) is 18.6. The molecule has 2 heterocycles. The van der Waals surface area contributed by atoms with E-state index in [1.165, 1.54) is 47.5 Å². The number of carboxylic acids is 4. The van der Waals surface area contributed by atoms with E-state index in [4.69, 9.17) is 20.4 Å². The van der Waals surface area contributed by atoms with Crippen molar-refractivity contribution in [2.75, 3.05) is 0 Å². The van der Waals surface area contributed by atoms with Gasteiger partial charge in [0.05, 0.1) is 22.3 Å². The highest BCUT2D eigenvalue weighted by Gasteiger charge is 2.07. The molecule has 0 amide bonds. The third kappa shape index (κ3) is 8.52. The Morgan fingerprint density at radius 3 is 0.917 bits per heavy atom. The molecule has 10 nitrogen and oxygen atoms in total. The van der Waals surface area contributed by atoms with Crippen LogP contribution in [0.3, 0.4) is 0 Å². The van der Waals surface area contributed by atoms with Crippen LogP contribution < -0.4 is 0 Å². The highest BCUT2D eigenvalue weighted by molar-refractivity contribution is 5.94. The molecular weight excluding hydrogens is 468 g/mol. The summed E-state index contributed by atoms with van der Waals surface area (Å²) in [4.78, 5) is 49.4. The fourth-order valence-corrected chi connectivity index (χ4v) is 2.66. The Hall–Kier alpha value is -5.38. The van der Waals surface area contributed by atoms with Crippen molar-refractivity contribution >= 4 is 23.9 Å². The molecule has 2 aromatic carbocycles. The second kappa shape index (κ2) is 13.4. The van der Waals surface area contributed by atoms with Crippen molar-refractivity contribution in [1.82, 2.24) is 9.97 Å². The van der Waals surface area contributed by atoms with Crippen molar-refractivity contribution in [2.45, 2.75) is 0 Å². The Morgan fingerprint density at radius 1 is 0.444 bits per heavy atom. The van der Waals surface area contributed by atoms with Gasteiger partial charge in [-0.3, -0.25) is 9.97 Å². The minimum atomic E-state index is -1.13. The first-order valence-corrected chi connectivity index (χ1v) is 10.1. The Balaban J connectivity index is 0.000000190. The summed E-state index contributed by atoms with van der Waals surface area (Å²) in [7, 11) is 0. The molecule has 4 N–H and O–H groups in total. The molecule has 0 unspecified atom stereocenters. The van der Waals surface area contributed by atoms with Gasteiger partial charge in [-0.05, 0) is 71.8 Å². The van der Waals surface area contributed by atoms with Crippen molar-refractivity contribution in [3.63, 3.8) is 0 Å². The number of aromatic nitrogens is 2. The van der Waals surface area contributed by atoms with Crippen LogP contribution in [0.25, 0.3) is 11.1 Å². The molecule has 0 aliphatic rings. The lowest BCUT2D eigenvalue weighted by Gasteiger charge is -1.97. The quantitative estimate of drug-likeness (QED) is 0.317. The van der Waals surface area contributed by atoms with E-state index >= 15 is 0 Å². The van der Waals surface area contributed by atoms with Crippen molar-refractivity contribution in [1.29, 1.82) is 0 Å². The summed E-state index contributed by atoms with van der Waals surface area (Å²) in [6.45, 7) is 0. The van der Waals surface area contributed by atoms with Gasteiger partial charge in [0.1, 0.15) is 0 Å². The Morgan fingerprint density at radius 2 is 0.694 bits per heavy atom. The largest absolute Gasteiger partial charge is 0.478 e. The van der Waals surface area contributed by atoms with Crippen molar-refractivity contribution in [2.24, 2.45) is 0 Å². The molecule has 2 aromatic heterocycles. The summed E-state index contributed by atoms with van der Waals surface area (Å²) in [6, 6.07) is 18.3. The van der Waals surface area contributed by atoms with Gasteiger partial charge in [-0.1, -0.05) is 12.1 Å². The van der Waals surface area contributed by atoms with Gasteiger partial charge in [-0.2, -0.15) is 0 Å². The number of carboxylic acid groups (broad SMARTS) is 4. The summed E-state index contributed by atoms with van der Waals surface area (Å²) in [5.74, 6) is -4.51. The number of nitrogens with zero attached hydrogens (tertiary/aromatic N) is 2. The zero-order chi connectivity index (χ0) is 26.5. The van der Waals surface area contributed by atoms with E-state index in [2.05, 4.69) is 9.97 Å². The van der Waals surface area contributed by atoms with Crippen molar-refractivity contribution < 1.29 is 39.6 Å². The van der Waals surface area contributed by atoms with Crippen LogP contribution in [0.2, 0.25) is 0 Å². The minimum Gasteiger partial charge on any atom is -0.478 e. The van der Waals surface area contributed by atoms with Crippen LogP contribution in [0.1, 0.15) is 41.4 Å². The van der Waals surface area contributed by atoms with Crippen LogP contribution in [0.4, 0.5) is 0 Å². The Bertz CT molecular complexity index is 1180. The topological polar surface area (TPSA) is 175 Å². The molecule has 0 atom stereocenters. The molecule has 0 aliphatic carbocycles. The molecule has 0 bridgehead atoms. The highest BCUT2D eigenvalue weighted by Crippen LogP contribution is 2.15. The lowest BCUT2D eigenvalue weighted by atomic mass is 10.1. The summed E-state index contributed by atoms with van der Waals surface area (Å²) in [5, 5.41) is 34.0. The number of pyridine rings is 2. The summed E-state index contributed by atoms with van der Waals surface area (Å²) in [6.07, 6.45) is 7.15. The molecule has 36 heavy (non-hydrogen) atoms. The zero-order valence-electron chi connectivity index (χ0n) is 18.6. The van der Waals surface area contributed by atoms with E-state index < -0.39 is 23.9 Å². The van der Waals surface area contributed by atoms with Crippen LogP contribution in [-0.4, -0.2) is 54.3 Å². The maximum Gasteiger partial charge on any atom is 0.335 e. The smallest absolute Gasteiger partial charge is 0.335 e. The first kappa shape index (κ1) is 26.9. The second-order valence-corrected chi connectivity index (χ2v) is 6.85. The third-order valence-corrected chi connectivity index (χ3v) is 4.41. The van der Waals surface area contributed by atoms with E-state index in [-0.39, 0.29) is 22.3 Å². The fourth-order valence-electron chi connectivity index (χ4n) is 2.66. The molecule has 4 aromatic rings. The molecule has 182 valence electrons. The van der Waals surface area contributed by atoms with Crippen molar-refractivity contribution in [3.8, 4) is 11.1 Å². The Labute approximate surface area is 204 Å². The first-order valence-electron chi connectivity index (χ1n) is 10.1. The monoisotopic (exact) mass is 488 g/mol. The van der Waals surface area contributed by atoms with Crippen LogP contribution in [-0.2, 0) is 0 Å². The van der Waals surface area contributed by atoms with Crippen LogP contribution in [0, 0.1) is 0 Å². The Kier molecular flexibility index (Phi) is 9.97. The average molecular weight is 488 g/mol. The van der Waals surface area contributed by atoms with Gasteiger partial charge >= 0.3 is 23.9 Å². The second-order valence-electron chi connectivity index (χ2n) is 6.85. The third-order valence-electron chi connectivity index (χ3n) is 4.41. The van der Waals surface area contributed by atoms with E-state index in [0.717, 1.165) is 12.1 Å². The van der Waals surface area contributed by atoms with Gasteiger partial charge in [-0.15, -0.1) is 0 Å². The van der Waals surface area contributed by atoms with Gasteiger partial charge in [0.15, 0.2) is 0 Å². The lowest BCUT2D eigenvalue weighted by Crippen LogP contribution is -2.01. The highest BCUT2D eigenvalue weighted by atomic mass is 16.4. The molecule has 0 radical (unpaired) electrons. The molecule has 0 saturated carbocycles. The number of carbonyl (C=O) groups is 4.